The number of benzene rings is 1. The molecule has 1 atom stereocenters. The van der Waals surface area contributed by atoms with Crippen LogP contribution in [0.15, 0.2) is 27.1 Å². The number of alkyl halides is 1. The molecule has 0 radical (unpaired) electrons. The molecule has 100 valence electrons. The molecule has 1 amide bonds. The summed E-state index contributed by atoms with van der Waals surface area (Å²) in [6.07, 6.45) is 1.81. The molecular formula is C13H16Br3NO. The van der Waals surface area contributed by atoms with E-state index in [0.717, 1.165) is 27.1 Å². The van der Waals surface area contributed by atoms with Gasteiger partial charge in [0.1, 0.15) is 0 Å². The summed E-state index contributed by atoms with van der Waals surface area (Å²) in [5.74, 6) is -0.0395. The van der Waals surface area contributed by atoms with Crippen LogP contribution < -0.4 is 5.32 Å². The van der Waals surface area contributed by atoms with Crippen molar-refractivity contribution >= 4 is 53.7 Å². The third-order valence-corrected chi connectivity index (χ3v) is 4.28. The highest BCUT2D eigenvalue weighted by Gasteiger charge is 2.24. The number of nitrogens with one attached hydrogen (secondary N) is 1. The van der Waals surface area contributed by atoms with Crippen LogP contribution in [0.25, 0.3) is 0 Å². The van der Waals surface area contributed by atoms with Gasteiger partial charge in [0.25, 0.3) is 5.91 Å². The zero-order valence-electron chi connectivity index (χ0n) is 10.4. The molecule has 1 aromatic carbocycles. The summed E-state index contributed by atoms with van der Waals surface area (Å²) in [4.78, 5) is 12.2. The van der Waals surface area contributed by atoms with Crippen LogP contribution in [0, 0.1) is 0 Å². The summed E-state index contributed by atoms with van der Waals surface area (Å²) >= 11 is 10.2. The Morgan fingerprint density at radius 2 is 1.83 bits per heavy atom. The second-order valence-corrected chi connectivity index (χ2v) is 7.09. The SMILES string of the molecule is CCC(C)(CCBr)NC(=O)c1cc(Br)cc(Br)c1. The van der Waals surface area contributed by atoms with E-state index in [1.54, 1.807) is 0 Å². The van der Waals surface area contributed by atoms with Crippen molar-refractivity contribution in [3.05, 3.63) is 32.7 Å². The fourth-order valence-electron chi connectivity index (χ4n) is 1.57. The fourth-order valence-corrected chi connectivity index (χ4v) is 3.74. The molecule has 1 N–H and O–H groups in total. The predicted molar refractivity (Wildman–Crippen MR) is 86.4 cm³/mol. The van der Waals surface area contributed by atoms with E-state index in [0.29, 0.717) is 5.56 Å². The fraction of sp³-hybridized carbons (Fsp3) is 0.462. The van der Waals surface area contributed by atoms with Crippen molar-refractivity contribution in [1.29, 1.82) is 0 Å². The van der Waals surface area contributed by atoms with Gasteiger partial charge in [-0.05, 0) is 38.0 Å². The summed E-state index contributed by atoms with van der Waals surface area (Å²) in [6.45, 7) is 4.15. The highest BCUT2D eigenvalue weighted by atomic mass is 79.9. The Morgan fingerprint density at radius 3 is 2.28 bits per heavy atom. The zero-order chi connectivity index (χ0) is 13.8. The van der Waals surface area contributed by atoms with Gasteiger partial charge in [-0.25, -0.2) is 0 Å². The molecule has 0 bridgehead atoms. The molecule has 0 fully saturated rings. The van der Waals surface area contributed by atoms with Crippen LogP contribution in [0.1, 0.15) is 37.0 Å². The van der Waals surface area contributed by atoms with Gasteiger partial charge in [-0.2, -0.15) is 0 Å². The number of amides is 1. The molecular weight excluding hydrogens is 426 g/mol. The molecule has 0 saturated carbocycles. The summed E-state index contributed by atoms with van der Waals surface area (Å²) < 4.78 is 1.78. The van der Waals surface area contributed by atoms with Crippen LogP contribution in [0.2, 0.25) is 0 Å². The predicted octanol–water partition coefficient (Wildman–Crippen LogP) is 4.90. The Labute approximate surface area is 133 Å². The summed E-state index contributed by atoms with van der Waals surface area (Å²) in [6, 6.07) is 5.56. The minimum atomic E-state index is -0.171. The van der Waals surface area contributed by atoms with Gasteiger partial charge in [0.2, 0.25) is 0 Å². The maximum atomic E-state index is 12.2. The van der Waals surface area contributed by atoms with Crippen LogP contribution in [0.4, 0.5) is 0 Å². The first kappa shape index (κ1) is 16.2. The average molecular weight is 442 g/mol. The van der Waals surface area contributed by atoms with Crippen LogP contribution in [0.3, 0.4) is 0 Å². The Morgan fingerprint density at radius 1 is 1.28 bits per heavy atom. The van der Waals surface area contributed by atoms with Crippen molar-refractivity contribution in [2.75, 3.05) is 5.33 Å². The van der Waals surface area contributed by atoms with Gasteiger partial charge < -0.3 is 5.32 Å². The second-order valence-electron chi connectivity index (χ2n) is 4.47. The highest BCUT2D eigenvalue weighted by molar-refractivity contribution is 9.11. The van der Waals surface area contributed by atoms with Crippen molar-refractivity contribution in [3.63, 3.8) is 0 Å². The molecule has 0 aromatic heterocycles. The van der Waals surface area contributed by atoms with Crippen LogP contribution in [-0.4, -0.2) is 16.8 Å². The zero-order valence-corrected chi connectivity index (χ0v) is 15.2. The lowest BCUT2D eigenvalue weighted by Gasteiger charge is -2.29. The Hall–Kier alpha value is 0.130. The number of carbonyl (C=O) groups is 1. The molecule has 0 saturated heterocycles. The van der Waals surface area contributed by atoms with E-state index < -0.39 is 0 Å². The van der Waals surface area contributed by atoms with Gasteiger partial charge >= 0.3 is 0 Å². The topological polar surface area (TPSA) is 29.1 Å². The van der Waals surface area contributed by atoms with Crippen molar-refractivity contribution in [1.82, 2.24) is 5.32 Å². The molecule has 18 heavy (non-hydrogen) atoms. The van der Waals surface area contributed by atoms with Crippen molar-refractivity contribution in [2.24, 2.45) is 0 Å². The van der Waals surface area contributed by atoms with E-state index in [2.05, 4.69) is 67.0 Å². The Balaban J connectivity index is 2.87. The summed E-state index contributed by atoms with van der Waals surface area (Å²) in [5.41, 5.74) is 0.487. The van der Waals surface area contributed by atoms with Crippen molar-refractivity contribution in [2.45, 2.75) is 32.2 Å². The second kappa shape index (κ2) is 7.06. The minimum absolute atomic E-state index is 0.0395. The molecule has 1 rings (SSSR count). The highest BCUT2D eigenvalue weighted by Crippen LogP contribution is 2.22. The molecule has 2 nitrogen and oxygen atoms in total. The maximum Gasteiger partial charge on any atom is 0.251 e. The van der Waals surface area contributed by atoms with Crippen molar-refractivity contribution < 1.29 is 4.79 Å². The van der Waals surface area contributed by atoms with Gasteiger partial charge in [-0.3, -0.25) is 4.79 Å². The lowest BCUT2D eigenvalue weighted by atomic mass is 9.95. The molecule has 0 aliphatic heterocycles. The van der Waals surface area contributed by atoms with Gasteiger partial charge in [-0.15, -0.1) is 0 Å². The largest absolute Gasteiger partial charge is 0.347 e. The lowest BCUT2D eigenvalue weighted by molar-refractivity contribution is 0.0901. The molecule has 1 unspecified atom stereocenters. The molecule has 1 aromatic rings. The van der Waals surface area contributed by atoms with Gasteiger partial charge in [0.05, 0.1) is 0 Å². The Kier molecular flexibility index (Phi) is 6.35. The summed E-state index contributed by atoms with van der Waals surface area (Å²) in [7, 11) is 0. The third-order valence-electron chi connectivity index (χ3n) is 2.97. The van der Waals surface area contributed by atoms with Crippen LogP contribution >= 0.6 is 47.8 Å². The monoisotopic (exact) mass is 439 g/mol. The quantitative estimate of drug-likeness (QED) is 0.647. The smallest absolute Gasteiger partial charge is 0.251 e. The Bertz CT molecular complexity index is 416. The van der Waals surface area contributed by atoms with E-state index >= 15 is 0 Å². The van der Waals surface area contributed by atoms with E-state index in [9.17, 15) is 4.79 Å². The first-order valence-electron chi connectivity index (χ1n) is 5.75. The standard InChI is InChI=1S/C13H16Br3NO/c1-3-13(2,4-5-14)17-12(18)9-6-10(15)8-11(16)7-9/h6-8H,3-5H2,1-2H3,(H,17,18). The maximum absolute atomic E-state index is 12.2. The first-order chi connectivity index (χ1) is 8.40. The minimum Gasteiger partial charge on any atom is -0.347 e. The van der Waals surface area contributed by atoms with Crippen molar-refractivity contribution in [3.8, 4) is 0 Å². The summed E-state index contributed by atoms with van der Waals surface area (Å²) in [5, 5.41) is 3.98. The number of halogens is 3. The molecule has 0 aliphatic carbocycles. The average Bonchev–Trinajstić information content (AvgIpc) is 2.28. The number of hydrogen-bond donors (Lipinski definition) is 1. The molecule has 0 spiro atoms. The third kappa shape index (κ3) is 4.67. The number of hydrogen-bond acceptors (Lipinski definition) is 1. The van der Waals surface area contributed by atoms with E-state index in [1.807, 2.05) is 18.2 Å². The van der Waals surface area contributed by atoms with Crippen LogP contribution in [-0.2, 0) is 0 Å². The molecule has 0 aliphatic rings. The van der Waals surface area contributed by atoms with E-state index in [1.165, 1.54) is 0 Å². The van der Waals surface area contributed by atoms with Crippen LogP contribution in [0.5, 0.6) is 0 Å². The lowest BCUT2D eigenvalue weighted by Crippen LogP contribution is -2.45. The van der Waals surface area contributed by atoms with E-state index in [-0.39, 0.29) is 11.4 Å². The van der Waals surface area contributed by atoms with E-state index in [4.69, 9.17) is 0 Å². The normalized spacial score (nSPS) is 14.1. The molecule has 0 heterocycles. The molecule has 5 heteroatoms. The number of rotatable bonds is 5. The van der Waals surface area contributed by atoms with Gasteiger partial charge in [0, 0.05) is 25.4 Å². The first-order valence-corrected chi connectivity index (χ1v) is 8.45. The number of carbonyl (C=O) groups excluding carboxylic acids is 1. The van der Waals surface area contributed by atoms with Gasteiger partial charge in [0.15, 0.2) is 0 Å². The van der Waals surface area contributed by atoms with Gasteiger partial charge in [-0.1, -0.05) is 54.7 Å².